The van der Waals surface area contributed by atoms with E-state index in [0.29, 0.717) is 35.7 Å². The Morgan fingerprint density at radius 3 is 2.64 bits per heavy atom. The van der Waals surface area contributed by atoms with E-state index >= 15 is 0 Å². The van der Waals surface area contributed by atoms with Gasteiger partial charge in [-0.2, -0.15) is 0 Å². The smallest absolute Gasteiger partial charge is 0.217 e. The third kappa shape index (κ3) is 4.37. The number of amides is 1. The second kappa shape index (κ2) is 8.95. The Bertz CT molecular complexity index is 901. The van der Waals surface area contributed by atoms with E-state index in [1.165, 1.54) is 0 Å². The van der Waals surface area contributed by atoms with Gasteiger partial charge in [0.25, 0.3) is 0 Å². The molecule has 147 valence electrons. The van der Waals surface area contributed by atoms with Crippen LogP contribution in [0.3, 0.4) is 0 Å². The van der Waals surface area contributed by atoms with E-state index in [9.17, 15) is 4.79 Å². The molecule has 1 heterocycles. The molecule has 0 bridgehead atoms. The third-order valence-corrected chi connectivity index (χ3v) is 4.74. The highest BCUT2D eigenvalue weighted by molar-refractivity contribution is 6.32. The molecule has 0 unspecified atom stereocenters. The van der Waals surface area contributed by atoms with Crippen molar-refractivity contribution in [3.8, 4) is 11.5 Å². The molecule has 2 aromatic rings. The number of aliphatic imine (C=N–C) groups is 1. The van der Waals surface area contributed by atoms with Crippen LogP contribution in [0.15, 0.2) is 35.3 Å². The van der Waals surface area contributed by atoms with Gasteiger partial charge in [0, 0.05) is 24.1 Å². The third-order valence-electron chi connectivity index (χ3n) is 4.45. The molecule has 4 N–H and O–H groups in total. The average molecular weight is 402 g/mol. The highest BCUT2D eigenvalue weighted by Gasteiger charge is 2.23. The molecule has 1 aliphatic rings. The number of ether oxygens (including phenoxy) is 2. The first-order valence-corrected chi connectivity index (χ1v) is 9.12. The van der Waals surface area contributed by atoms with Gasteiger partial charge >= 0.3 is 0 Å². The Balaban J connectivity index is 1.81. The fourth-order valence-electron chi connectivity index (χ4n) is 3.06. The topological polar surface area (TPSA) is 98.0 Å². The normalized spacial score (nSPS) is 13.0. The monoisotopic (exact) mass is 401 g/mol. The molecular weight excluding hydrogens is 380 g/mol. The Morgan fingerprint density at radius 1 is 1.21 bits per heavy atom. The maximum Gasteiger partial charge on any atom is 0.217 e. The van der Waals surface area contributed by atoms with E-state index < -0.39 is 0 Å². The number of primary amides is 1. The van der Waals surface area contributed by atoms with Gasteiger partial charge in [-0.15, -0.1) is 0 Å². The van der Waals surface area contributed by atoms with Crippen LogP contribution >= 0.6 is 11.6 Å². The summed E-state index contributed by atoms with van der Waals surface area (Å²) in [6.07, 6.45) is 3.03. The molecule has 0 aromatic heterocycles. The van der Waals surface area contributed by atoms with Crippen molar-refractivity contribution in [2.75, 3.05) is 19.5 Å². The first-order chi connectivity index (χ1) is 13.5. The number of hydrogen-bond acceptors (Lipinski definition) is 6. The van der Waals surface area contributed by atoms with E-state index in [1.54, 1.807) is 20.6 Å². The number of rotatable bonds is 8. The lowest BCUT2D eigenvalue weighted by molar-refractivity contribution is -0.117. The van der Waals surface area contributed by atoms with E-state index in [2.05, 4.69) is 15.6 Å². The van der Waals surface area contributed by atoms with Crippen molar-refractivity contribution in [3.63, 3.8) is 0 Å². The molecule has 7 nitrogen and oxygen atoms in total. The van der Waals surface area contributed by atoms with Crippen LogP contribution in [0, 0.1) is 6.17 Å². The number of nitrogens with zero attached hydrogens (tertiary/aromatic N) is 1. The van der Waals surface area contributed by atoms with Gasteiger partial charge in [0.2, 0.25) is 5.91 Å². The molecule has 0 atom stereocenters. The molecule has 0 saturated heterocycles. The Hall–Kier alpha value is -2.77. The number of benzene rings is 2. The van der Waals surface area contributed by atoms with E-state index in [-0.39, 0.29) is 12.3 Å². The number of nitrogens with two attached hydrogens (primary N) is 1. The van der Waals surface area contributed by atoms with E-state index in [1.807, 2.05) is 30.3 Å². The molecule has 1 radical (unpaired) electrons. The minimum absolute atomic E-state index is 0.235. The lowest BCUT2D eigenvalue weighted by atomic mass is 9.98. The van der Waals surface area contributed by atoms with Crippen molar-refractivity contribution in [3.05, 3.63) is 58.2 Å². The summed E-state index contributed by atoms with van der Waals surface area (Å²) in [5, 5.41) is 7.05. The fraction of sp³-hybridized carbons (Fsp3) is 0.250. The minimum Gasteiger partial charge on any atom is -0.496 e. The van der Waals surface area contributed by atoms with Crippen LogP contribution in [-0.2, 0) is 17.8 Å². The van der Waals surface area contributed by atoms with Gasteiger partial charge in [-0.1, -0.05) is 17.7 Å². The van der Waals surface area contributed by atoms with Gasteiger partial charge in [0.15, 0.2) is 6.17 Å². The Kier molecular flexibility index (Phi) is 6.38. The quantitative estimate of drug-likeness (QED) is 0.631. The van der Waals surface area contributed by atoms with Gasteiger partial charge in [-0.3, -0.25) is 10.1 Å². The second-order valence-corrected chi connectivity index (χ2v) is 6.62. The zero-order valence-corrected chi connectivity index (χ0v) is 16.5. The summed E-state index contributed by atoms with van der Waals surface area (Å²) in [4.78, 5) is 15.6. The van der Waals surface area contributed by atoms with Gasteiger partial charge in [0.1, 0.15) is 11.5 Å². The Labute approximate surface area is 168 Å². The number of fused-ring (bicyclic) bond motifs is 1. The van der Waals surface area contributed by atoms with Crippen molar-refractivity contribution < 1.29 is 14.3 Å². The van der Waals surface area contributed by atoms with Crippen molar-refractivity contribution in [1.29, 1.82) is 0 Å². The standard InChI is InChI=1S/C20H22ClN4O3/c1-27-16-7-4-14-19(13(16)5-8-18(22)26)24-11-25-20(14)23-10-12-3-6-17(28-2)15(21)9-12/h3-4,6-7,9,11,23H,5,8,10H2,1-2H3,(H2,22,26)(H,24,25). The number of nitrogens with one attached hydrogen (secondary N) is 2. The summed E-state index contributed by atoms with van der Waals surface area (Å²) in [6.45, 7) is 0.540. The minimum atomic E-state index is -0.358. The van der Waals surface area contributed by atoms with Crippen LogP contribution in [0.25, 0.3) is 0 Å². The van der Waals surface area contributed by atoms with Crippen molar-refractivity contribution >= 4 is 29.5 Å². The fourth-order valence-corrected chi connectivity index (χ4v) is 3.34. The van der Waals surface area contributed by atoms with Crippen LogP contribution in [-0.4, -0.2) is 26.5 Å². The molecular formula is C20H22ClN4O3. The van der Waals surface area contributed by atoms with E-state index in [0.717, 1.165) is 22.4 Å². The molecule has 3 rings (SSSR count). The average Bonchev–Trinajstić information content (AvgIpc) is 2.70. The van der Waals surface area contributed by atoms with Crippen molar-refractivity contribution in [2.45, 2.75) is 19.4 Å². The molecule has 28 heavy (non-hydrogen) atoms. The second-order valence-electron chi connectivity index (χ2n) is 6.21. The molecule has 1 aliphatic heterocycles. The van der Waals surface area contributed by atoms with Crippen LogP contribution in [0.1, 0.15) is 23.1 Å². The summed E-state index contributed by atoms with van der Waals surface area (Å²) in [5.74, 6) is 0.974. The SMILES string of the molecule is COc1ccc(CN[C]2N=CNc3c2ccc(OC)c3CCC(N)=O)cc1Cl. The number of halogens is 1. The van der Waals surface area contributed by atoms with Crippen LogP contribution in [0.2, 0.25) is 5.02 Å². The molecule has 0 saturated carbocycles. The maximum absolute atomic E-state index is 11.2. The van der Waals surface area contributed by atoms with Gasteiger partial charge in [-0.05, 0) is 36.2 Å². The summed E-state index contributed by atoms with van der Waals surface area (Å²) < 4.78 is 10.6. The summed E-state index contributed by atoms with van der Waals surface area (Å²) in [7, 11) is 3.18. The first-order valence-electron chi connectivity index (χ1n) is 8.74. The highest BCUT2D eigenvalue weighted by atomic mass is 35.5. The zero-order valence-electron chi connectivity index (χ0n) is 15.7. The summed E-state index contributed by atoms with van der Waals surface area (Å²) in [6, 6.07) is 9.41. The predicted octanol–water partition coefficient (Wildman–Crippen LogP) is 2.86. The number of carbonyl (C=O) groups excluding carboxylic acids is 1. The van der Waals surface area contributed by atoms with Gasteiger partial charge in [0.05, 0.1) is 31.3 Å². The number of anilines is 1. The Morgan fingerprint density at radius 2 is 1.96 bits per heavy atom. The van der Waals surface area contributed by atoms with Gasteiger partial charge < -0.3 is 20.5 Å². The molecule has 1 amide bonds. The van der Waals surface area contributed by atoms with Crippen LogP contribution in [0.4, 0.5) is 5.69 Å². The van der Waals surface area contributed by atoms with Crippen molar-refractivity contribution in [1.82, 2.24) is 5.32 Å². The largest absolute Gasteiger partial charge is 0.496 e. The predicted molar refractivity (Wildman–Crippen MR) is 110 cm³/mol. The lowest BCUT2D eigenvalue weighted by Gasteiger charge is -2.24. The van der Waals surface area contributed by atoms with Gasteiger partial charge in [-0.25, -0.2) is 4.99 Å². The summed E-state index contributed by atoms with van der Waals surface area (Å²) in [5.41, 5.74) is 8.94. The lowest BCUT2D eigenvalue weighted by Crippen LogP contribution is -2.25. The molecule has 8 heteroatoms. The van der Waals surface area contributed by atoms with Crippen molar-refractivity contribution in [2.24, 2.45) is 10.7 Å². The molecule has 0 aliphatic carbocycles. The molecule has 2 aromatic carbocycles. The van der Waals surface area contributed by atoms with E-state index in [4.69, 9.17) is 26.8 Å². The van der Waals surface area contributed by atoms with Crippen LogP contribution < -0.4 is 25.8 Å². The maximum atomic E-state index is 11.2. The zero-order chi connectivity index (χ0) is 20.1. The number of methoxy groups -OCH3 is 2. The number of hydrogen-bond donors (Lipinski definition) is 3. The van der Waals surface area contributed by atoms with Crippen LogP contribution in [0.5, 0.6) is 11.5 Å². The molecule has 0 spiro atoms. The molecule has 0 fully saturated rings. The number of carbonyl (C=O) groups is 1. The first kappa shape index (κ1) is 20.0. The summed E-state index contributed by atoms with van der Waals surface area (Å²) >= 11 is 6.20. The highest BCUT2D eigenvalue weighted by Crippen LogP contribution is 2.36.